The number of amides is 2. The van der Waals surface area contributed by atoms with Gasteiger partial charge in [0.25, 0.3) is 5.91 Å². The lowest BCUT2D eigenvalue weighted by Gasteiger charge is -2.38. The summed E-state index contributed by atoms with van der Waals surface area (Å²) in [5.74, 6) is 0.347. The summed E-state index contributed by atoms with van der Waals surface area (Å²) < 4.78 is 0. The van der Waals surface area contributed by atoms with E-state index in [1.807, 2.05) is 0 Å². The molecule has 3 aliphatic rings. The van der Waals surface area contributed by atoms with Gasteiger partial charge in [-0.3, -0.25) is 14.5 Å². The number of hydrogen-bond acceptors (Lipinski definition) is 2. The molecular formula is C18H27NO2Si. The molecule has 1 aliphatic heterocycles. The molecule has 0 spiro atoms. The maximum Gasteiger partial charge on any atom is 0.257 e. The number of carbonyl (C=O) groups is 2. The topological polar surface area (TPSA) is 37.4 Å². The molecule has 0 aromatic carbocycles. The van der Waals surface area contributed by atoms with Gasteiger partial charge in [-0.15, -0.1) is 6.58 Å². The van der Waals surface area contributed by atoms with Crippen LogP contribution in [0.1, 0.15) is 33.6 Å². The first-order valence-electron chi connectivity index (χ1n) is 8.75. The van der Waals surface area contributed by atoms with Crippen LogP contribution in [0.25, 0.3) is 0 Å². The first kappa shape index (κ1) is 15.7. The lowest BCUT2D eigenvalue weighted by molar-refractivity contribution is -0.138. The van der Waals surface area contributed by atoms with E-state index in [9.17, 15) is 9.59 Å². The van der Waals surface area contributed by atoms with Crippen LogP contribution in [0.3, 0.4) is 0 Å². The van der Waals surface area contributed by atoms with Crippen molar-refractivity contribution in [3.05, 3.63) is 23.8 Å². The fraction of sp³-hybridized carbons (Fsp3) is 0.667. The molecule has 1 heterocycles. The van der Waals surface area contributed by atoms with Gasteiger partial charge in [-0.2, -0.15) is 0 Å². The maximum absolute atomic E-state index is 12.8. The van der Waals surface area contributed by atoms with Crippen LogP contribution in [0, 0.1) is 11.8 Å². The zero-order valence-corrected chi connectivity index (χ0v) is 15.0. The van der Waals surface area contributed by atoms with E-state index in [0.717, 1.165) is 18.4 Å². The average Bonchev–Trinajstić information content (AvgIpc) is 3.17. The Kier molecular flexibility index (Phi) is 3.92. The van der Waals surface area contributed by atoms with Crippen LogP contribution in [-0.2, 0) is 9.59 Å². The zero-order valence-electron chi connectivity index (χ0n) is 14.0. The van der Waals surface area contributed by atoms with Gasteiger partial charge >= 0.3 is 0 Å². The third kappa shape index (κ3) is 1.79. The van der Waals surface area contributed by atoms with Gasteiger partial charge < -0.3 is 0 Å². The van der Waals surface area contributed by atoms with Crippen molar-refractivity contribution in [3.63, 3.8) is 0 Å². The minimum absolute atomic E-state index is 0.0108. The second-order valence-corrected chi connectivity index (χ2v) is 12.5. The summed E-state index contributed by atoms with van der Waals surface area (Å²) in [6, 6.07) is 3.80. The fourth-order valence-corrected chi connectivity index (χ4v) is 10.6. The monoisotopic (exact) mass is 317 g/mol. The number of rotatable bonds is 6. The first-order chi connectivity index (χ1) is 10.6. The molecule has 3 rings (SSSR count). The molecule has 120 valence electrons. The Balaban J connectivity index is 2.05. The molecule has 1 saturated heterocycles. The van der Waals surface area contributed by atoms with Gasteiger partial charge in [0, 0.05) is 12.1 Å². The Morgan fingerprint density at radius 1 is 1.23 bits per heavy atom. The Bertz CT molecular complexity index is 553. The second kappa shape index (κ2) is 5.48. The summed E-state index contributed by atoms with van der Waals surface area (Å²) in [6.07, 6.45) is 3.82. The minimum Gasteiger partial charge on any atom is -0.274 e. The second-order valence-electron chi connectivity index (χ2n) is 7.06. The van der Waals surface area contributed by atoms with Gasteiger partial charge in [-0.05, 0) is 24.3 Å². The molecule has 3 unspecified atom stereocenters. The van der Waals surface area contributed by atoms with Gasteiger partial charge in [-0.1, -0.05) is 50.6 Å². The number of hydrogen-bond donors (Lipinski definition) is 0. The molecule has 2 fully saturated rings. The normalized spacial score (nSPS) is 30.5. The van der Waals surface area contributed by atoms with Crippen molar-refractivity contribution in [2.45, 2.75) is 57.3 Å². The number of fused-ring (bicyclic) bond motifs is 4. The lowest BCUT2D eigenvalue weighted by atomic mass is 9.88. The highest BCUT2D eigenvalue weighted by Gasteiger charge is 2.61. The van der Waals surface area contributed by atoms with Crippen molar-refractivity contribution >= 4 is 19.9 Å². The average molecular weight is 318 g/mol. The van der Waals surface area contributed by atoms with Crippen molar-refractivity contribution in [3.8, 4) is 0 Å². The van der Waals surface area contributed by atoms with E-state index in [-0.39, 0.29) is 17.7 Å². The summed E-state index contributed by atoms with van der Waals surface area (Å²) in [4.78, 5) is 26.9. The molecular weight excluding hydrogens is 290 g/mol. The predicted octanol–water partition coefficient (Wildman–Crippen LogP) is 3.76. The summed E-state index contributed by atoms with van der Waals surface area (Å²) in [5, 5.41) is 0. The molecule has 2 bridgehead atoms. The van der Waals surface area contributed by atoms with Crippen molar-refractivity contribution in [1.82, 2.24) is 4.90 Å². The Morgan fingerprint density at radius 2 is 1.86 bits per heavy atom. The van der Waals surface area contributed by atoms with Crippen molar-refractivity contribution < 1.29 is 9.59 Å². The van der Waals surface area contributed by atoms with Gasteiger partial charge in [0.1, 0.15) is 0 Å². The van der Waals surface area contributed by atoms with Crippen molar-refractivity contribution in [2.24, 2.45) is 11.8 Å². The van der Waals surface area contributed by atoms with Crippen LogP contribution in [-0.4, -0.2) is 31.3 Å². The largest absolute Gasteiger partial charge is 0.274 e. The molecule has 0 N–H and O–H groups in total. The molecule has 4 heteroatoms. The summed E-state index contributed by atoms with van der Waals surface area (Å²) in [6.45, 7) is 11.0. The van der Waals surface area contributed by atoms with E-state index in [1.165, 1.54) is 28.6 Å². The number of nitrogens with zero attached hydrogens (tertiary/aromatic N) is 1. The number of likely N-dealkylation sites (tertiary alicyclic amines) is 1. The molecule has 0 radical (unpaired) electrons. The summed E-state index contributed by atoms with van der Waals surface area (Å²) >= 11 is 0. The number of allylic oxidation sites excluding steroid dienone is 1. The quantitative estimate of drug-likeness (QED) is 0.425. The maximum atomic E-state index is 12.8. The number of carbonyl (C=O) groups excluding carboxylic acids is 2. The third-order valence-electron chi connectivity index (χ3n) is 6.73. The van der Waals surface area contributed by atoms with Crippen LogP contribution >= 0.6 is 0 Å². The molecule has 3 nitrogen and oxygen atoms in total. The predicted molar refractivity (Wildman–Crippen MR) is 91.1 cm³/mol. The Morgan fingerprint density at radius 3 is 2.36 bits per heavy atom. The highest BCUT2D eigenvalue weighted by atomic mass is 28.3. The van der Waals surface area contributed by atoms with Gasteiger partial charge in [0.2, 0.25) is 5.91 Å². The standard InChI is InChI=1S/C18H27NO2Si/c1-5-11-19-17(20)14-12-9-10-13(15(14)18(19)21)16(12)22(6-2,7-3)8-4/h5,12,14,16H,1,6-11H2,2-4H3. The van der Waals surface area contributed by atoms with Crippen LogP contribution in [0.15, 0.2) is 23.8 Å². The molecule has 3 atom stereocenters. The number of imide groups is 1. The molecule has 22 heavy (non-hydrogen) atoms. The molecule has 0 aromatic rings. The van der Waals surface area contributed by atoms with E-state index in [2.05, 4.69) is 27.4 Å². The highest BCUT2D eigenvalue weighted by Crippen LogP contribution is 2.63. The fourth-order valence-electron chi connectivity index (χ4n) is 5.50. The van der Waals surface area contributed by atoms with E-state index < -0.39 is 8.07 Å². The van der Waals surface area contributed by atoms with Crippen LogP contribution in [0.4, 0.5) is 0 Å². The Hall–Kier alpha value is -1.16. The summed E-state index contributed by atoms with van der Waals surface area (Å²) in [5.41, 5.74) is 2.88. The van der Waals surface area contributed by atoms with Crippen molar-refractivity contribution in [2.75, 3.05) is 6.54 Å². The van der Waals surface area contributed by atoms with Gasteiger partial charge in [0.05, 0.1) is 14.0 Å². The van der Waals surface area contributed by atoms with E-state index >= 15 is 0 Å². The van der Waals surface area contributed by atoms with Gasteiger partial charge in [0.15, 0.2) is 0 Å². The minimum atomic E-state index is -1.41. The van der Waals surface area contributed by atoms with Crippen LogP contribution in [0.2, 0.25) is 23.7 Å². The third-order valence-corrected chi connectivity index (χ3v) is 13.0. The first-order valence-corrected chi connectivity index (χ1v) is 11.5. The SMILES string of the molecule is C=CCN1C(=O)C2=C3CCC(C2C1=O)C3[Si](CC)(CC)CC. The van der Waals surface area contributed by atoms with Gasteiger partial charge in [-0.25, -0.2) is 0 Å². The molecule has 2 aliphatic carbocycles. The summed E-state index contributed by atoms with van der Waals surface area (Å²) in [7, 11) is -1.41. The molecule has 0 aromatic heterocycles. The molecule has 1 saturated carbocycles. The molecule has 2 amide bonds. The van der Waals surface area contributed by atoms with E-state index in [0.29, 0.717) is 18.0 Å². The lowest BCUT2D eigenvalue weighted by Crippen LogP contribution is -2.41. The van der Waals surface area contributed by atoms with Crippen LogP contribution < -0.4 is 0 Å². The van der Waals surface area contributed by atoms with E-state index in [1.54, 1.807) is 6.08 Å². The smallest absolute Gasteiger partial charge is 0.257 e. The van der Waals surface area contributed by atoms with Crippen molar-refractivity contribution in [1.29, 1.82) is 0 Å². The zero-order chi connectivity index (χ0) is 16.1. The van der Waals surface area contributed by atoms with Crippen LogP contribution in [0.5, 0.6) is 0 Å². The highest BCUT2D eigenvalue weighted by molar-refractivity contribution is 6.82. The Labute approximate surface area is 134 Å². The van der Waals surface area contributed by atoms with E-state index in [4.69, 9.17) is 0 Å².